The second-order valence-corrected chi connectivity index (χ2v) is 10.7. The molecule has 0 bridgehead atoms. The average molecular weight is 619 g/mol. The van der Waals surface area contributed by atoms with Crippen molar-refractivity contribution in [3.8, 4) is 11.5 Å². The van der Waals surface area contributed by atoms with Crippen molar-refractivity contribution in [1.82, 2.24) is 4.90 Å². The van der Waals surface area contributed by atoms with E-state index in [4.69, 9.17) is 44.9 Å². The maximum Gasteiger partial charge on any atom is 0.305 e. The Kier molecular flexibility index (Phi) is 10.3. The molecule has 0 atom stereocenters. The Labute approximate surface area is 232 Å². The number of hydrogen-bond acceptors (Lipinski definition) is 7. The fourth-order valence-electron chi connectivity index (χ4n) is 3.19. The lowest BCUT2D eigenvalue weighted by Gasteiger charge is -2.15. The zero-order chi connectivity index (χ0) is 25.5. The van der Waals surface area contributed by atoms with Gasteiger partial charge in [-0.1, -0.05) is 53.2 Å². The summed E-state index contributed by atoms with van der Waals surface area (Å²) in [6.45, 7) is 2.87. The molecule has 1 amide bonds. The molecular weight excluding hydrogens is 597 g/mol. The molecule has 1 saturated heterocycles. The molecule has 11 heteroatoms. The molecule has 1 aliphatic rings. The van der Waals surface area contributed by atoms with E-state index >= 15 is 0 Å². The SMILES string of the molecule is CCOc1cc(/C=C2\SC(=S)N(CCCC(=O)OC)C2=O)cc(Br)c1OCc1ccc(Cl)cc1Cl. The Morgan fingerprint density at radius 2 is 2.00 bits per heavy atom. The molecule has 1 heterocycles. The van der Waals surface area contributed by atoms with Crippen LogP contribution in [-0.4, -0.2) is 41.4 Å². The molecule has 1 fully saturated rings. The Hall–Kier alpha value is -1.78. The number of amides is 1. The Morgan fingerprint density at radius 3 is 2.69 bits per heavy atom. The number of carbonyl (C=O) groups excluding carboxylic acids is 2. The number of thiocarbonyl (C=S) groups is 1. The summed E-state index contributed by atoms with van der Waals surface area (Å²) in [6.07, 6.45) is 2.45. The highest BCUT2D eigenvalue weighted by atomic mass is 79.9. The van der Waals surface area contributed by atoms with E-state index in [1.165, 1.54) is 23.8 Å². The predicted molar refractivity (Wildman–Crippen MR) is 147 cm³/mol. The highest BCUT2D eigenvalue weighted by Gasteiger charge is 2.31. The number of carbonyl (C=O) groups is 2. The van der Waals surface area contributed by atoms with Gasteiger partial charge in [0.2, 0.25) is 0 Å². The predicted octanol–water partition coefficient (Wildman–Crippen LogP) is 6.89. The monoisotopic (exact) mass is 617 g/mol. The van der Waals surface area contributed by atoms with Gasteiger partial charge in [-0.2, -0.15) is 0 Å². The van der Waals surface area contributed by atoms with Crippen LogP contribution in [0.4, 0.5) is 0 Å². The molecule has 186 valence electrons. The topological polar surface area (TPSA) is 65.1 Å². The Bertz CT molecular complexity index is 1170. The van der Waals surface area contributed by atoms with Crippen LogP contribution in [0.5, 0.6) is 11.5 Å². The van der Waals surface area contributed by atoms with Gasteiger partial charge < -0.3 is 14.2 Å². The minimum absolute atomic E-state index is 0.198. The maximum atomic E-state index is 12.9. The molecule has 0 N–H and O–H groups in total. The van der Waals surface area contributed by atoms with Crippen molar-refractivity contribution in [1.29, 1.82) is 0 Å². The van der Waals surface area contributed by atoms with Crippen molar-refractivity contribution in [2.45, 2.75) is 26.4 Å². The van der Waals surface area contributed by atoms with Gasteiger partial charge in [0, 0.05) is 28.6 Å². The van der Waals surface area contributed by atoms with Crippen LogP contribution in [0.25, 0.3) is 6.08 Å². The summed E-state index contributed by atoms with van der Waals surface area (Å²) in [5.41, 5.74) is 1.53. The molecule has 6 nitrogen and oxygen atoms in total. The van der Waals surface area contributed by atoms with E-state index < -0.39 is 0 Å². The molecule has 1 aliphatic heterocycles. The number of esters is 1. The summed E-state index contributed by atoms with van der Waals surface area (Å²) in [7, 11) is 1.34. The summed E-state index contributed by atoms with van der Waals surface area (Å²) in [5, 5.41) is 1.06. The number of nitrogens with zero attached hydrogens (tertiary/aromatic N) is 1. The second-order valence-electron chi connectivity index (χ2n) is 7.30. The highest BCUT2D eigenvalue weighted by Crippen LogP contribution is 2.40. The van der Waals surface area contributed by atoms with E-state index in [1.807, 2.05) is 13.0 Å². The molecule has 0 aliphatic carbocycles. The van der Waals surface area contributed by atoms with Crippen LogP contribution >= 0.6 is 63.1 Å². The lowest BCUT2D eigenvalue weighted by Crippen LogP contribution is -2.29. The fraction of sp³-hybridized carbons (Fsp3) is 0.292. The molecular formula is C24H22BrCl2NO5S2. The summed E-state index contributed by atoms with van der Waals surface area (Å²) in [4.78, 5) is 26.2. The first-order valence-corrected chi connectivity index (χ1v) is 13.4. The van der Waals surface area contributed by atoms with E-state index in [1.54, 1.807) is 30.3 Å². The van der Waals surface area contributed by atoms with Crippen molar-refractivity contribution in [2.24, 2.45) is 0 Å². The summed E-state index contributed by atoms with van der Waals surface area (Å²) in [6, 6.07) is 8.86. The minimum atomic E-state index is -0.320. The van der Waals surface area contributed by atoms with E-state index in [9.17, 15) is 9.59 Å². The van der Waals surface area contributed by atoms with Crippen LogP contribution in [0.1, 0.15) is 30.9 Å². The first-order chi connectivity index (χ1) is 16.7. The van der Waals surface area contributed by atoms with Crippen molar-refractivity contribution < 1.29 is 23.8 Å². The third kappa shape index (κ3) is 7.36. The average Bonchev–Trinajstić information content (AvgIpc) is 3.07. The molecule has 0 spiro atoms. The first kappa shape index (κ1) is 27.8. The van der Waals surface area contributed by atoms with Crippen LogP contribution in [0.15, 0.2) is 39.7 Å². The standard InChI is InChI=1S/C24H22BrCl2NO5S2/c1-3-32-19-10-14(9-17(25)22(19)33-13-15-6-7-16(26)12-18(15)27)11-20-23(30)28(24(34)35-20)8-4-5-21(29)31-2/h6-7,9-12H,3-5,8,13H2,1-2H3/b20-11-. The number of ether oxygens (including phenoxy) is 3. The fourth-order valence-corrected chi connectivity index (χ4v) is 5.54. The third-order valence-electron chi connectivity index (χ3n) is 4.88. The number of thioether (sulfide) groups is 1. The number of benzene rings is 2. The van der Waals surface area contributed by atoms with E-state index in [-0.39, 0.29) is 24.9 Å². The Morgan fingerprint density at radius 1 is 1.23 bits per heavy atom. The van der Waals surface area contributed by atoms with Gasteiger partial charge in [-0.25, -0.2) is 0 Å². The van der Waals surface area contributed by atoms with Gasteiger partial charge in [0.25, 0.3) is 5.91 Å². The molecule has 0 unspecified atom stereocenters. The Balaban J connectivity index is 1.78. The van der Waals surface area contributed by atoms with Gasteiger partial charge in [0.15, 0.2) is 11.5 Å². The lowest BCUT2D eigenvalue weighted by atomic mass is 10.1. The van der Waals surface area contributed by atoms with Crippen LogP contribution in [0, 0.1) is 0 Å². The summed E-state index contributed by atoms with van der Waals surface area (Å²) < 4.78 is 17.6. The van der Waals surface area contributed by atoms with Gasteiger partial charge in [-0.15, -0.1) is 0 Å². The molecule has 0 radical (unpaired) electrons. The molecule has 2 aromatic rings. The van der Waals surface area contributed by atoms with Crippen molar-refractivity contribution >= 4 is 85.4 Å². The van der Waals surface area contributed by atoms with Crippen molar-refractivity contribution in [2.75, 3.05) is 20.3 Å². The molecule has 2 aromatic carbocycles. The van der Waals surface area contributed by atoms with Gasteiger partial charge in [0.05, 0.1) is 23.1 Å². The van der Waals surface area contributed by atoms with Crippen LogP contribution in [-0.2, 0) is 20.9 Å². The molecule has 0 aromatic heterocycles. The smallest absolute Gasteiger partial charge is 0.305 e. The van der Waals surface area contributed by atoms with E-state index in [0.717, 1.165) is 11.1 Å². The third-order valence-corrected chi connectivity index (χ3v) is 7.43. The van der Waals surface area contributed by atoms with Crippen LogP contribution in [0.3, 0.4) is 0 Å². The number of halogens is 3. The van der Waals surface area contributed by atoms with E-state index in [2.05, 4.69) is 20.7 Å². The zero-order valence-electron chi connectivity index (χ0n) is 18.9. The number of hydrogen-bond donors (Lipinski definition) is 0. The van der Waals surface area contributed by atoms with E-state index in [0.29, 0.717) is 54.8 Å². The number of rotatable bonds is 10. The molecule has 0 saturated carbocycles. The zero-order valence-corrected chi connectivity index (χ0v) is 23.7. The maximum absolute atomic E-state index is 12.9. The number of methoxy groups -OCH3 is 1. The minimum Gasteiger partial charge on any atom is -0.490 e. The summed E-state index contributed by atoms with van der Waals surface area (Å²) >= 11 is 22.4. The van der Waals surface area contributed by atoms with Gasteiger partial charge >= 0.3 is 5.97 Å². The van der Waals surface area contributed by atoms with Crippen LogP contribution in [0.2, 0.25) is 10.0 Å². The van der Waals surface area contributed by atoms with Gasteiger partial charge in [-0.05, 0) is 65.2 Å². The largest absolute Gasteiger partial charge is 0.490 e. The lowest BCUT2D eigenvalue weighted by molar-refractivity contribution is -0.141. The first-order valence-electron chi connectivity index (χ1n) is 10.6. The summed E-state index contributed by atoms with van der Waals surface area (Å²) in [5.74, 6) is 0.522. The highest BCUT2D eigenvalue weighted by molar-refractivity contribution is 9.10. The second kappa shape index (κ2) is 13.0. The quantitative estimate of drug-likeness (QED) is 0.163. The van der Waals surface area contributed by atoms with Gasteiger partial charge in [-0.3, -0.25) is 14.5 Å². The molecule has 3 rings (SSSR count). The van der Waals surface area contributed by atoms with Crippen molar-refractivity contribution in [3.63, 3.8) is 0 Å². The normalized spacial score (nSPS) is 14.5. The van der Waals surface area contributed by atoms with Crippen LogP contribution < -0.4 is 9.47 Å². The van der Waals surface area contributed by atoms with Gasteiger partial charge in [0.1, 0.15) is 10.9 Å². The molecule has 35 heavy (non-hydrogen) atoms. The van der Waals surface area contributed by atoms with Crippen molar-refractivity contribution in [3.05, 3.63) is 60.9 Å².